The maximum atomic E-state index is 5.57. The van der Waals surface area contributed by atoms with Crippen molar-refractivity contribution in [1.82, 2.24) is 15.2 Å². The SMILES string of the molecule is CCOc1ccc(CNC(=NC)N(C)Cc2csc(C(C)OC)n2)cc1OC.I. The van der Waals surface area contributed by atoms with E-state index < -0.39 is 0 Å². The Morgan fingerprint density at radius 2 is 2.07 bits per heavy atom. The first-order chi connectivity index (χ1) is 13.5. The molecule has 1 heterocycles. The minimum absolute atomic E-state index is 0. The van der Waals surface area contributed by atoms with E-state index in [-0.39, 0.29) is 30.1 Å². The molecule has 0 saturated carbocycles. The Morgan fingerprint density at radius 1 is 1.31 bits per heavy atom. The van der Waals surface area contributed by atoms with E-state index in [2.05, 4.69) is 20.7 Å². The largest absolute Gasteiger partial charge is 0.493 e. The second-order valence-corrected chi connectivity index (χ2v) is 7.12. The van der Waals surface area contributed by atoms with Crippen LogP contribution in [0.25, 0.3) is 0 Å². The molecule has 29 heavy (non-hydrogen) atoms. The molecule has 0 spiro atoms. The number of methoxy groups -OCH3 is 2. The van der Waals surface area contributed by atoms with Crippen LogP contribution in [-0.2, 0) is 17.8 Å². The normalized spacial score (nSPS) is 12.1. The van der Waals surface area contributed by atoms with Gasteiger partial charge in [-0.3, -0.25) is 4.99 Å². The number of hydrogen-bond donors (Lipinski definition) is 1. The average Bonchev–Trinajstić information content (AvgIpc) is 3.17. The molecule has 0 radical (unpaired) electrons. The van der Waals surface area contributed by atoms with Crippen LogP contribution in [0.1, 0.15) is 36.2 Å². The Morgan fingerprint density at radius 3 is 2.69 bits per heavy atom. The predicted octanol–water partition coefficient (Wildman–Crippen LogP) is 4.08. The topological polar surface area (TPSA) is 68.2 Å². The van der Waals surface area contributed by atoms with Crippen LogP contribution < -0.4 is 14.8 Å². The number of ether oxygens (including phenoxy) is 3. The van der Waals surface area contributed by atoms with E-state index in [9.17, 15) is 0 Å². The molecule has 0 saturated heterocycles. The van der Waals surface area contributed by atoms with Crippen molar-refractivity contribution in [3.05, 3.63) is 39.8 Å². The lowest BCUT2D eigenvalue weighted by Crippen LogP contribution is -2.38. The number of nitrogens with one attached hydrogen (secondary N) is 1. The summed E-state index contributed by atoms with van der Waals surface area (Å²) in [6.45, 7) is 5.85. The first-order valence-electron chi connectivity index (χ1n) is 9.20. The molecular weight excluding hydrogens is 503 g/mol. The molecule has 162 valence electrons. The van der Waals surface area contributed by atoms with Crippen LogP contribution in [0, 0.1) is 0 Å². The van der Waals surface area contributed by atoms with Crippen LogP contribution in [0.4, 0.5) is 0 Å². The van der Waals surface area contributed by atoms with E-state index in [4.69, 9.17) is 14.2 Å². The van der Waals surface area contributed by atoms with E-state index in [1.165, 1.54) is 0 Å². The zero-order valence-electron chi connectivity index (χ0n) is 17.9. The van der Waals surface area contributed by atoms with Crippen molar-refractivity contribution in [2.24, 2.45) is 4.99 Å². The van der Waals surface area contributed by atoms with Gasteiger partial charge in [-0.15, -0.1) is 35.3 Å². The number of aliphatic imine (C=N–C) groups is 1. The molecule has 0 aliphatic rings. The van der Waals surface area contributed by atoms with Crippen LogP contribution in [0.15, 0.2) is 28.6 Å². The highest BCUT2D eigenvalue weighted by atomic mass is 127. The Balaban J connectivity index is 0.00000420. The van der Waals surface area contributed by atoms with Gasteiger partial charge in [0.25, 0.3) is 0 Å². The van der Waals surface area contributed by atoms with Gasteiger partial charge in [-0.25, -0.2) is 4.98 Å². The molecule has 0 aliphatic carbocycles. The summed E-state index contributed by atoms with van der Waals surface area (Å²) in [5, 5.41) is 6.42. The van der Waals surface area contributed by atoms with Crippen LogP contribution in [-0.4, -0.2) is 50.8 Å². The van der Waals surface area contributed by atoms with Crippen molar-refractivity contribution in [2.75, 3.05) is 34.9 Å². The summed E-state index contributed by atoms with van der Waals surface area (Å²) in [4.78, 5) is 11.1. The first-order valence-corrected chi connectivity index (χ1v) is 10.1. The zero-order valence-corrected chi connectivity index (χ0v) is 21.0. The van der Waals surface area contributed by atoms with Gasteiger partial charge >= 0.3 is 0 Å². The van der Waals surface area contributed by atoms with Gasteiger partial charge in [-0.1, -0.05) is 6.07 Å². The maximum Gasteiger partial charge on any atom is 0.194 e. The van der Waals surface area contributed by atoms with Crippen molar-refractivity contribution in [3.63, 3.8) is 0 Å². The third-order valence-corrected chi connectivity index (χ3v) is 5.28. The second kappa shape index (κ2) is 12.9. The fourth-order valence-electron chi connectivity index (χ4n) is 2.66. The molecule has 0 bridgehead atoms. The van der Waals surface area contributed by atoms with E-state index in [1.54, 1.807) is 32.6 Å². The fourth-order valence-corrected chi connectivity index (χ4v) is 3.51. The highest BCUT2D eigenvalue weighted by Gasteiger charge is 2.13. The molecule has 1 aromatic carbocycles. The van der Waals surface area contributed by atoms with Gasteiger partial charge in [-0.05, 0) is 31.5 Å². The molecule has 1 atom stereocenters. The van der Waals surface area contributed by atoms with Gasteiger partial charge < -0.3 is 24.4 Å². The highest BCUT2D eigenvalue weighted by molar-refractivity contribution is 14.0. The quantitative estimate of drug-likeness (QED) is 0.297. The number of benzene rings is 1. The average molecular weight is 534 g/mol. The van der Waals surface area contributed by atoms with Crippen LogP contribution in [0.2, 0.25) is 0 Å². The first kappa shape index (κ1) is 25.4. The molecule has 7 nitrogen and oxygen atoms in total. The van der Waals surface area contributed by atoms with Crippen molar-refractivity contribution in [1.29, 1.82) is 0 Å². The standard InChI is InChI=1S/C20H30N4O3S.HI/c1-7-27-17-9-8-15(10-18(17)26-6)11-22-20(21-3)24(4)12-16-13-28-19(23-16)14(2)25-5;/h8-10,13-14H,7,11-12H2,1-6H3,(H,21,22);1H. The molecular formula is C20H31IN4O3S. The van der Waals surface area contributed by atoms with E-state index in [0.717, 1.165) is 33.7 Å². The van der Waals surface area contributed by atoms with Crippen LogP contribution in [0.5, 0.6) is 11.5 Å². The summed E-state index contributed by atoms with van der Waals surface area (Å²) in [5.74, 6) is 2.27. The van der Waals surface area contributed by atoms with Crippen molar-refractivity contribution in [3.8, 4) is 11.5 Å². The molecule has 1 aromatic heterocycles. The summed E-state index contributed by atoms with van der Waals surface area (Å²) >= 11 is 1.61. The Labute approximate surface area is 194 Å². The molecule has 2 rings (SSSR count). The van der Waals surface area contributed by atoms with E-state index in [0.29, 0.717) is 19.7 Å². The minimum atomic E-state index is 0. The smallest absolute Gasteiger partial charge is 0.194 e. The third kappa shape index (κ3) is 7.31. The summed E-state index contributed by atoms with van der Waals surface area (Å²) in [6, 6.07) is 5.93. The van der Waals surface area contributed by atoms with Crippen molar-refractivity contribution in [2.45, 2.75) is 33.0 Å². The molecule has 9 heteroatoms. The van der Waals surface area contributed by atoms with E-state index >= 15 is 0 Å². The van der Waals surface area contributed by atoms with Gasteiger partial charge in [-0.2, -0.15) is 0 Å². The number of aromatic nitrogens is 1. The number of guanidine groups is 1. The van der Waals surface area contributed by atoms with Crippen LogP contribution >= 0.6 is 35.3 Å². The molecule has 1 unspecified atom stereocenters. The lowest BCUT2D eigenvalue weighted by Gasteiger charge is -2.21. The van der Waals surface area contributed by atoms with Gasteiger partial charge in [0, 0.05) is 33.1 Å². The number of halogens is 1. The summed E-state index contributed by atoms with van der Waals surface area (Å²) in [5.41, 5.74) is 2.08. The molecule has 0 aliphatic heterocycles. The van der Waals surface area contributed by atoms with Crippen molar-refractivity contribution >= 4 is 41.3 Å². The Hall–Kier alpha value is -1.59. The fraction of sp³-hybridized carbons (Fsp3) is 0.500. The van der Waals surface area contributed by atoms with Crippen LogP contribution in [0.3, 0.4) is 0 Å². The minimum Gasteiger partial charge on any atom is -0.493 e. The van der Waals surface area contributed by atoms with Gasteiger partial charge in [0.2, 0.25) is 0 Å². The van der Waals surface area contributed by atoms with Crippen molar-refractivity contribution < 1.29 is 14.2 Å². The Bertz CT molecular complexity index is 785. The summed E-state index contributed by atoms with van der Waals surface area (Å²) in [6.07, 6.45) is 0.0103. The molecule has 1 N–H and O–H groups in total. The number of hydrogen-bond acceptors (Lipinski definition) is 6. The molecule has 0 fully saturated rings. The third-order valence-electron chi connectivity index (χ3n) is 4.22. The zero-order chi connectivity index (χ0) is 20.5. The number of rotatable bonds is 9. The van der Waals surface area contributed by atoms with Gasteiger partial charge in [0.15, 0.2) is 17.5 Å². The number of thiazole rings is 1. The van der Waals surface area contributed by atoms with Gasteiger partial charge in [0.05, 0.1) is 26.0 Å². The van der Waals surface area contributed by atoms with Gasteiger partial charge in [0.1, 0.15) is 11.1 Å². The summed E-state index contributed by atoms with van der Waals surface area (Å²) < 4.78 is 16.3. The molecule has 0 amide bonds. The monoisotopic (exact) mass is 534 g/mol. The Kier molecular flexibility index (Phi) is 11.3. The van der Waals surface area contributed by atoms with E-state index in [1.807, 2.05) is 44.0 Å². The maximum absolute atomic E-state index is 5.57. The molecule has 2 aromatic rings. The highest BCUT2D eigenvalue weighted by Crippen LogP contribution is 2.28. The second-order valence-electron chi connectivity index (χ2n) is 6.23. The lowest BCUT2D eigenvalue weighted by atomic mass is 10.2. The number of nitrogens with zero attached hydrogens (tertiary/aromatic N) is 3. The lowest BCUT2D eigenvalue weighted by molar-refractivity contribution is 0.119. The summed E-state index contributed by atoms with van der Waals surface area (Å²) in [7, 11) is 7.11. The predicted molar refractivity (Wildman–Crippen MR) is 129 cm³/mol.